The molecule has 4 heteroatoms. The molecule has 0 aliphatic heterocycles. The van der Waals surface area contributed by atoms with Crippen LogP contribution in [0.2, 0.25) is 0 Å². The fourth-order valence-corrected chi connectivity index (χ4v) is 1.27. The van der Waals surface area contributed by atoms with Crippen molar-refractivity contribution in [1.29, 1.82) is 0 Å². The Balaban J connectivity index is 1.93. The summed E-state index contributed by atoms with van der Waals surface area (Å²) in [5, 5.41) is 2.54. The number of benzene rings is 1. The summed E-state index contributed by atoms with van der Waals surface area (Å²) >= 11 is 0. The summed E-state index contributed by atoms with van der Waals surface area (Å²) in [4.78, 5) is 10.9. The van der Waals surface area contributed by atoms with Gasteiger partial charge in [0.15, 0.2) is 0 Å². The Morgan fingerprint density at radius 2 is 1.82 bits per heavy atom. The Bertz CT molecular complexity index is 314. The molecule has 0 saturated carbocycles. The maximum Gasteiger partial charge on any atom is 0.222 e. The van der Waals surface area contributed by atoms with Crippen molar-refractivity contribution in [3.8, 4) is 0 Å². The second-order valence-electron chi connectivity index (χ2n) is 3.57. The van der Waals surface area contributed by atoms with Gasteiger partial charge in [-0.3, -0.25) is 4.79 Å². The third-order valence-corrected chi connectivity index (χ3v) is 2.24. The van der Waals surface area contributed by atoms with Gasteiger partial charge < -0.3 is 14.8 Å². The van der Waals surface area contributed by atoms with E-state index in [4.69, 9.17) is 9.47 Å². The summed E-state index contributed by atoms with van der Waals surface area (Å²) in [5.74, 6) is -0.00444. The quantitative estimate of drug-likeness (QED) is 0.694. The van der Waals surface area contributed by atoms with Gasteiger partial charge in [-0.05, 0) is 5.56 Å². The number of carbonyl (C=O) groups excluding carboxylic acids is 1. The van der Waals surface area contributed by atoms with E-state index in [2.05, 4.69) is 5.32 Å². The molecule has 1 amide bonds. The summed E-state index contributed by atoms with van der Waals surface area (Å²) in [6.45, 7) is 2.10. The smallest absolute Gasteiger partial charge is 0.222 e. The molecule has 0 aliphatic carbocycles. The second kappa shape index (κ2) is 8.73. The first-order chi connectivity index (χ1) is 8.33. The molecule has 0 radical (unpaired) electrons. The van der Waals surface area contributed by atoms with Crippen molar-refractivity contribution < 1.29 is 14.3 Å². The Hall–Kier alpha value is -1.39. The molecule has 0 unspecified atom stereocenters. The zero-order valence-corrected chi connectivity index (χ0v) is 10.1. The van der Waals surface area contributed by atoms with Crippen LogP contribution in [0.3, 0.4) is 0 Å². The van der Waals surface area contributed by atoms with Gasteiger partial charge >= 0.3 is 0 Å². The van der Waals surface area contributed by atoms with Gasteiger partial charge in [0.2, 0.25) is 5.91 Å². The number of carbonyl (C=O) groups is 1. The van der Waals surface area contributed by atoms with Crippen LogP contribution in [0.4, 0.5) is 0 Å². The lowest BCUT2D eigenvalue weighted by atomic mass is 10.2. The topological polar surface area (TPSA) is 47.6 Å². The van der Waals surface area contributed by atoms with Crippen LogP contribution in [0.25, 0.3) is 0 Å². The molecule has 1 rings (SSSR count). The minimum atomic E-state index is -0.00444. The molecule has 1 aromatic carbocycles. The standard InChI is InChI=1S/C13H19NO3/c1-14-13(15)7-8-16-9-10-17-11-12-5-3-2-4-6-12/h2-6H,7-11H2,1H3,(H,14,15). The normalized spacial score (nSPS) is 10.2. The first-order valence-corrected chi connectivity index (χ1v) is 5.73. The summed E-state index contributed by atoms with van der Waals surface area (Å²) in [5.41, 5.74) is 1.15. The minimum Gasteiger partial charge on any atom is -0.379 e. The lowest BCUT2D eigenvalue weighted by Crippen LogP contribution is -2.19. The van der Waals surface area contributed by atoms with Gasteiger partial charge in [0.1, 0.15) is 0 Å². The van der Waals surface area contributed by atoms with Crippen molar-refractivity contribution in [2.75, 3.05) is 26.9 Å². The third kappa shape index (κ3) is 6.71. The van der Waals surface area contributed by atoms with Crippen molar-refractivity contribution in [1.82, 2.24) is 5.32 Å². The minimum absolute atomic E-state index is 0.00444. The fourth-order valence-electron chi connectivity index (χ4n) is 1.27. The first-order valence-electron chi connectivity index (χ1n) is 5.73. The largest absolute Gasteiger partial charge is 0.379 e. The van der Waals surface area contributed by atoms with Crippen LogP contribution >= 0.6 is 0 Å². The van der Waals surface area contributed by atoms with E-state index in [0.29, 0.717) is 32.8 Å². The van der Waals surface area contributed by atoms with Gasteiger partial charge in [-0.15, -0.1) is 0 Å². The highest BCUT2D eigenvalue weighted by molar-refractivity contribution is 5.75. The van der Waals surface area contributed by atoms with Crippen molar-refractivity contribution in [2.45, 2.75) is 13.0 Å². The van der Waals surface area contributed by atoms with E-state index in [-0.39, 0.29) is 5.91 Å². The molecule has 1 N–H and O–H groups in total. The van der Waals surface area contributed by atoms with Crippen molar-refractivity contribution in [3.05, 3.63) is 35.9 Å². The summed E-state index contributed by atoms with van der Waals surface area (Å²) in [6, 6.07) is 9.99. The Labute approximate surface area is 102 Å². The highest BCUT2D eigenvalue weighted by Crippen LogP contribution is 1.99. The Kier molecular flexibility index (Phi) is 7.02. The van der Waals surface area contributed by atoms with Gasteiger partial charge in [0.25, 0.3) is 0 Å². The number of amides is 1. The molecule has 0 spiro atoms. The van der Waals surface area contributed by atoms with E-state index < -0.39 is 0 Å². The summed E-state index contributed by atoms with van der Waals surface area (Å²) in [7, 11) is 1.62. The molecular weight excluding hydrogens is 218 g/mol. The maximum absolute atomic E-state index is 10.9. The van der Waals surface area contributed by atoms with E-state index in [9.17, 15) is 4.79 Å². The lowest BCUT2D eigenvalue weighted by molar-refractivity contribution is -0.121. The van der Waals surface area contributed by atoms with E-state index in [0.717, 1.165) is 5.56 Å². The Morgan fingerprint density at radius 3 is 2.53 bits per heavy atom. The zero-order chi connectivity index (χ0) is 12.3. The van der Waals surface area contributed by atoms with Gasteiger partial charge in [0, 0.05) is 13.5 Å². The number of rotatable bonds is 8. The van der Waals surface area contributed by atoms with Crippen LogP contribution in [-0.4, -0.2) is 32.8 Å². The number of ether oxygens (including phenoxy) is 2. The van der Waals surface area contributed by atoms with E-state index >= 15 is 0 Å². The maximum atomic E-state index is 10.9. The average molecular weight is 237 g/mol. The van der Waals surface area contributed by atoms with E-state index in [1.807, 2.05) is 30.3 Å². The number of nitrogens with one attached hydrogen (secondary N) is 1. The van der Waals surface area contributed by atoms with Crippen LogP contribution < -0.4 is 5.32 Å². The highest BCUT2D eigenvalue weighted by atomic mass is 16.5. The fraction of sp³-hybridized carbons (Fsp3) is 0.462. The molecule has 4 nitrogen and oxygen atoms in total. The SMILES string of the molecule is CNC(=O)CCOCCOCc1ccccc1. The average Bonchev–Trinajstić information content (AvgIpc) is 2.38. The van der Waals surface area contributed by atoms with Crippen LogP contribution in [0.5, 0.6) is 0 Å². The van der Waals surface area contributed by atoms with Crippen LogP contribution in [-0.2, 0) is 20.9 Å². The molecule has 0 aromatic heterocycles. The lowest BCUT2D eigenvalue weighted by Gasteiger charge is -2.05. The zero-order valence-electron chi connectivity index (χ0n) is 10.1. The van der Waals surface area contributed by atoms with Crippen molar-refractivity contribution in [2.24, 2.45) is 0 Å². The van der Waals surface area contributed by atoms with Gasteiger partial charge in [-0.1, -0.05) is 30.3 Å². The molecule has 17 heavy (non-hydrogen) atoms. The predicted octanol–water partition coefficient (Wildman–Crippen LogP) is 1.36. The van der Waals surface area contributed by atoms with Crippen molar-refractivity contribution in [3.63, 3.8) is 0 Å². The molecule has 0 fully saturated rings. The van der Waals surface area contributed by atoms with Gasteiger partial charge in [-0.25, -0.2) is 0 Å². The summed E-state index contributed by atoms with van der Waals surface area (Å²) < 4.78 is 10.7. The van der Waals surface area contributed by atoms with E-state index in [1.54, 1.807) is 7.05 Å². The molecule has 94 valence electrons. The second-order valence-corrected chi connectivity index (χ2v) is 3.57. The predicted molar refractivity (Wildman–Crippen MR) is 65.6 cm³/mol. The molecule has 0 atom stereocenters. The third-order valence-electron chi connectivity index (χ3n) is 2.24. The Morgan fingerprint density at radius 1 is 1.12 bits per heavy atom. The van der Waals surface area contributed by atoms with Crippen molar-refractivity contribution >= 4 is 5.91 Å². The van der Waals surface area contributed by atoms with Crippen LogP contribution in [0.15, 0.2) is 30.3 Å². The number of hydrogen-bond donors (Lipinski definition) is 1. The molecule has 0 aliphatic rings. The summed E-state index contributed by atoms with van der Waals surface area (Å²) in [6.07, 6.45) is 0.398. The molecule has 0 saturated heterocycles. The monoisotopic (exact) mass is 237 g/mol. The highest BCUT2D eigenvalue weighted by Gasteiger charge is 1.97. The molecule has 0 heterocycles. The number of hydrogen-bond acceptors (Lipinski definition) is 3. The molecular formula is C13H19NO3. The van der Waals surface area contributed by atoms with Crippen LogP contribution in [0, 0.1) is 0 Å². The molecule has 0 bridgehead atoms. The first kappa shape index (κ1) is 13.7. The van der Waals surface area contributed by atoms with Crippen LogP contribution in [0.1, 0.15) is 12.0 Å². The molecule has 1 aromatic rings. The van der Waals surface area contributed by atoms with Gasteiger partial charge in [0.05, 0.1) is 26.4 Å². The van der Waals surface area contributed by atoms with Gasteiger partial charge in [-0.2, -0.15) is 0 Å². The van der Waals surface area contributed by atoms with E-state index in [1.165, 1.54) is 0 Å².